The van der Waals surface area contributed by atoms with E-state index in [-0.39, 0.29) is 38.2 Å². The van der Waals surface area contributed by atoms with E-state index in [4.69, 9.17) is 24.2 Å². The van der Waals surface area contributed by atoms with Gasteiger partial charge in [0.25, 0.3) is 0 Å². The quantitative estimate of drug-likeness (QED) is 0.365. The van der Waals surface area contributed by atoms with Crippen LogP contribution in [-0.4, -0.2) is 68.2 Å². The summed E-state index contributed by atoms with van der Waals surface area (Å²) in [6, 6.07) is 15.2. The highest BCUT2D eigenvalue weighted by atomic mass is 16.6. The average molecular weight is 600 g/mol. The number of rotatable bonds is 7. The predicted octanol–water partition coefficient (Wildman–Crippen LogP) is 5.00. The largest absolute Gasteiger partial charge is 0.456 e. The van der Waals surface area contributed by atoms with Gasteiger partial charge in [-0.25, -0.2) is 9.59 Å². The lowest BCUT2D eigenvalue weighted by Crippen LogP contribution is -2.55. The fraction of sp³-hybridized carbons (Fsp3) is 0.438. The van der Waals surface area contributed by atoms with Crippen LogP contribution in [0.25, 0.3) is 0 Å². The number of anilines is 1. The number of pyridine rings is 1. The smallest absolute Gasteiger partial charge is 0.410 e. The van der Waals surface area contributed by atoms with Crippen LogP contribution in [0.1, 0.15) is 62.6 Å². The lowest BCUT2D eigenvalue weighted by atomic mass is 10.1. The lowest BCUT2D eigenvalue weighted by Gasteiger charge is -2.41. The summed E-state index contributed by atoms with van der Waals surface area (Å²) in [6.45, 7) is 9.16. The van der Waals surface area contributed by atoms with E-state index >= 15 is 0 Å². The summed E-state index contributed by atoms with van der Waals surface area (Å²) in [5.74, 6) is 0.609. The average Bonchev–Trinajstić information content (AvgIpc) is 3.44. The molecule has 2 amide bonds. The van der Waals surface area contributed by atoms with Gasteiger partial charge in [0.2, 0.25) is 0 Å². The highest BCUT2D eigenvalue weighted by molar-refractivity contribution is 5.71. The lowest BCUT2D eigenvalue weighted by molar-refractivity contribution is 0.0240. The Hall–Kier alpha value is -4.92. The molecule has 5 rings (SSSR count). The maximum atomic E-state index is 13.1. The molecule has 0 spiro atoms. The van der Waals surface area contributed by atoms with Gasteiger partial charge < -0.3 is 24.0 Å². The molecular weight excluding hydrogens is 562 g/mol. The molecule has 44 heavy (non-hydrogen) atoms. The number of ether oxygens (including phenoxy) is 3. The SMILES string of the molecule is C[C@@H](Oc1nc2c(c(N3CCN(C(=O)OCc4ccccc4)[C@@H](CC#N)C3)n1)CN(C(=O)OC(C)(C)C)C2)c1ccncc1. The third kappa shape index (κ3) is 7.34. The topological polar surface area (TPSA) is 134 Å². The molecule has 1 aromatic carbocycles. The Morgan fingerprint density at radius 3 is 2.50 bits per heavy atom. The molecule has 12 heteroatoms. The van der Waals surface area contributed by atoms with Crippen molar-refractivity contribution in [2.75, 3.05) is 24.5 Å². The van der Waals surface area contributed by atoms with E-state index in [0.29, 0.717) is 31.1 Å². The minimum atomic E-state index is -0.648. The Bertz CT molecular complexity index is 1510. The number of amides is 2. The normalized spacial score (nSPS) is 17.0. The highest BCUT2D eigenvalue weighted by Gasteiger charge is 2.37. The number of carbonyl (C=O) groups excluding carboxylic acids is 2. The fourth-order valence-electron chi connectivity index (χ4n) is 5.22. The first-order valence-corrected chi connectivity index (χ1v) is 14.6. The van der Waals surface area contributed by atoms with Crippen molar-refractivity contribution in [1.82, 2.24) is 24.8 Å². The van der Waals surface area contributed by atoms with E-state index in [1.165, 1.54) is 0 Å². The van der Waals surface area contributed by atoms with Gasteiger partial charge in [-0.15, -0.1) is 0 Å². The van der Waals surface area contributed by atoms with E-state index in [9.17, 15) is 14.9 Å². The Morgan fingerprint density at radius 1 is 1.05 bits per heavy atom. The molecule has 0 N–H and O–H groups in total. The molecule has 0 radical (unpaired) electrons. The molecule has 0 saturated carbocycles. The predicted molar refractivity (Wildman–Crippen MR) is 160 cm³/mol. The van der Waals surface area contributed by atoms with Crippen LogP contribution in [0.2, 0.25) is 0 Å². The second-order valence-electron chi connectivity index (χ2n) is 11.8. The number of fused-ring (bicyclic) bond motifs is 1. The summed E-state index contributed by atoms with van der Waals surface area (Å²) in [4.78, 5) is 44.9. The van der Waals surface area contributed by atoms with Crippen molar-refractivity contribution in [2.45, 2.75) is 71.6 Å². The monoisotopic (exact) mass is 599 g/mol. The molecule has 2 atom stereocenters. The number of benzene rings is 1. The van der Waals surface area contributed by atoms with E-state index in [0.717, 1.165) is 16.7 Å². The van der Waals surface area contributed by atoms with Crippen molar-refractivity contribution in [3.8, 4) is 12.1 Å². The summed E-state index contributed by atoms with van der Waals surface area (Å²) in [7, 11) is 0. The van der Waals surface area contributed by atoms with Gasteiger partial charge in [-0.1, -0.05) is 30.3 Å². The summed E-state index contributed by atoms with van der Waals surface area (Å²) in [5, 5.41) is 9.62. The number of hydrogen-bond donors (Lipinski definition) is 0. The number of nitriles is 1. The number of piperazine rings is 1. The molecule has 4 heterocycles. The van der Waals surface area contributed by atoms with E-state index in [2.05, 4.69) is 11.1 Å². The third-order valence-electron chi connectivity index (χ3n) is 7.40. The van der Waals surface area contributed by atoms with Crippen molar-refractivity contribution in [2.24, 2.45) is 0 Å². The minimum absolute atomic E-state index is 0.122. The van der Waals surface area contributed by atoms with Crippen molar-refractivity contribution >= 4 is 18.0 Å². The van der Waals surface area contributed by atoms with Crippen molar-refractivity contribution < 1.29 is 23.8 Å². The van der Waals surface area contributed by atoms with Crippen molar-refractivity contribution in [1.29, 1.82) is 5.26 Å². The molecule has 2 aliphatic rings. The molecule has 1 fully saturated rings. The van der Waals surface area contributed by atoms with E-state index < -0.39 is 23.8 Å². The summed E-state index contributed by atoms with van der Waals surface area (Å²) in [6.07, 6.45) is 2.26. The fourth-order valence-corrected chi connectivity index (χ4v) is 5.22. The van der Waals surface area contributed by atoms with Gasteiger partial charge in [-0.3, -0.25) is 9.88 Å². The van der Waals surface area contributed by atoms with Crippen molar-refractivity contribution in [3.05, 3.63) is 77.2 Å². The summed E-state index contributed by atoms with van der Waals surface area (Å²) >= 11 is 0. The molecule has 0 bridgehead atoms. The van der Waals surface area contributed by atoms with Crippen LogP contribution < -0.4 is 9.64 Å². The number of hydrogen-bond acceptors (Lipinski definition) is 10. The first-order valence-electron chi connectivity index (χ1n) is 14.6. The molecule has 2 aliphatic heterocycles. The Labute approximate surface area is 257 Å². The second-order valence-corrected chi connectivity index (χ2v) is 11.8. The number of nitrogens with zero attached hydrogens (tertiary/aromatic N) is 7. The zero-order chi connectivity index (χ0) is 31.3. The molecule has 1 saturated heterocycles. The van der Waals surface area contributed by atoms with Crippen LogP contribution in [-0.2, 0) is 29.2 Å². The van der Waals surface area contributed by atoms with Crippen molar-refractivity contribution in [3.63, 3.8) is 0 Å². The van der Waals surface area contributed by atoms with Crippen LogP contribution in [0.15, 0.2) is 54.9 Å². The Balaban J connectivity index is 1.38. The maximum Gasteiger partial charge on any atom is 0.410 e. The van der Waals surface area contributed by atoms with Gasteiger partial charge in [-0.05, 0) is 51.0 Å². The Morgan fingerprint density at radius 2 is 1.80 bits per heavy atom. The van der Waals surface area contributed by atoms with E-state index in [1.807, 2.05) is 75.1 Å². The molecule has 0 aliphatic carbocycles. The number of aromatic nitrogens is 3. The van der Waals surface area contributed by atoms with Gasteiger partial charge in [0.05, 0.1) is 37.3 Å². The zero-order valence-electron chi connectivity index (χ0n) is 25.5. The molecule has 3 aromatic rings. The van der Waals surface area contributed by atoms with Gasteiger partial charge in [0.1, 0.15) is 24.1 Å². The standard InChI is InChI=1S/C32H37N7O5/c1-22(24-11-14-34-15-12-24)43-29-35-27-20-38(30(40)44-32(2,3)4)19-26(27)28(36-29)37-16-17-39(25(18-37)10-13-33)31(41)42-21-23-8-6-5-7-9-23/h5-9,11-12,14-15,22,25H,10,16-21H2,1-4H3/t22-,25+/m1/s1. The molecule has 0 unspecified atom stereocenters. The Kier molecular flexibility index (Phi) is 9.13. The van der Waals surface area contributed by atoms with Crippen LogP contribution in [0.5, 0.6) is 6.01 Å². The second kappa shape index (κ2) is 13.2. The summed E-state index contributed by atoms with van der Waals surface area (Å²) < 4.78 is 17.4. The van der Waals surface area contributed by atoms with E-state index in [1.54, 1.807) is 22.2 Å². The van der Waals surface area contributed by atoms with Crippen LogP contribution in [0, 0.1) is 11.3 Å². The molecule has 12 nitrogen and oxygen atoms in total. The molecule has 230 valence electrons. The van der Waals surface area contributed by atoms with Gasteiger partial charge >= 0.3 is 18.2 Å². The van der Waals surface area contributed by atoms with Gasteiger partial charge in [-0.2, -0.15) is 15.2 Å². The minimum Gasteiger partial charge on any atom is -0.456 e. The van der Waals surface area contributed by atoms with Crippen LogP contribution in [0.3, 0.4) is 0 Å². The van der Waals surface area contributed by atoms with Gasteiger partial charge in [0.15, 0.2) is 0 Å². The zero-order valence-corrected chi connectivity index (χ0v) is 25.5. The maximum absolute atomic E-state index is 13.1. The molecular formula is C32H37N7O5. The molecule has 2 aromatic heterocycles. The first kappa shape index (κ1) is 30.5. The van der Waals surface area contributed by atoms with Crippen LogP contribution in [0.4, 0.5) is 15.4 Å². The van der Waals surface area contributed by atoms with Crippen LogP contribution >= 0.6 is 0 Å². The highest BCUT2D eigenvalue weighted by Crippen LogP contribution is 2.34. The first-order chi connectivity index (χ1) is 21.1. The number of carbonyl (C=O) groups is 2. The third-order valence-corrected chi connectivity index (χ3v) is 7.40. The van der Waals surface area contributed by atoms with Gasteiger partial charge in [0, 0.05) is 37.6 Å². The summed E-state index contributed by atoms with van der Waals surface area (Å²) in [5.41, 5.74) is 2.61.